The molecule has 0 aromatic carbocycles. The first kappa shape index (κ1) is 5.17. The van der Waals surface area contributed by atoms with E-state index in [4.69, 9.17) is 11.1 Å². The fourth-order valence-electron chi connectivity index (χ4n) is 0. The second-order valence-corrected chi connectivity index (χ2v) is 1.55. The standard InChI is InChI=1S/CH3N2S2/c2-1(3)5-4/h(H3,2,3). The molecule has 0 aromatic heterocycles. The van der Waals surface area contributed by atoms with Gasteiger partial charge in [-0.1, -0.05) is 0 Å². The van der Waals surface area contributed by atoms with Gasteiger partial charge in [0, 0.05) is 0 Å². The molecule has 0 unspecified atom stereocenters. The van der Waals surface area contributed by atoms with E-state index in [2.05, 4.69) is 11.7 Å². The van der Waals surface area contributed by atoms with Gasteiger partial charge in [-0.15, -0.1) is 0 Å². The summed E-state index contributed by atoms with van der Waals surface area (Å²) in [5, 5.41) is 6.37. The highest BCUT2D eigenvalue weighted by Gasteiger charge is 1.74. The lowest BCUT2D eigenvalue weighted by molar-refractivity contribution is 1.51. The van der Waals surface area contributed by atoms with Gasteiger partial charge >= 0.3 is 0 Å². The normalized spacial score (nSPS) is 7.40. The van der Waals surface area contributed by atoms with Crippen LogP contribution in [0.15, 0.2) is 0 Å². The third-order valence-electron chi connectivity index (χ3n) is 0.0898. The van der Waals surface area contributed by atoms with Crippen molar-refractivity contribution in [2.45, 2.75) is 0 Å². The molecule has 1 radical (unpaired) electrons. The van der Waals surface area contributed by atoms with Gasteiger partial charge in [-0.05, 0) is 22.5 Å². The van der Waals surface area contributed by atoms with Gasteiger partial charge in [0.05, 0.1) is 0 Å². The molecule has 0 heterocycles. The lowest BCUT2D eigenvalue weighted by atomic mass is 11.4. The average Bonchev–Trinajstić information content (AvgIpc) is 1.38. The summed E-state index contributed by atoms with van der Waals surface area (Å²) in [4.78, 5) is 0. The summed E-state index contributed by atoms with van der Waals surface area (Å²) < 4.78 is 0. The molecule has 4 heteroatoms. The molecule has 0 rings (SSSR count). The number of rotatable bonds is 0. The topological polar surface area (TPSA) is 49.9 Å². The first-order valence-electron chi connectivity index (χ1n) is 0.909. The van der Waals surface area contributed by atoms with Crippen molar-refractivity contribution >= 4 is 27.6 Å². The van der Waals surface area contributed by atoms with Gasteiger partial charge in [0.25, 0.3) is 0 Å². The Morgan fingerprint density at radius 2 is 2.20 bits per heavy atom. The Morgan fingerprint density at radius 3 is 2.20 bits per heavy atom. The van der Waals surface area contributed by atoms with Gasteiger partial charge in [-0.3, -0.25) is 5.41 Å². The van der Waals surface area contributed by atoms with Crippen molar-refractivity contribution in [3.8, 4) is 0 Å². The van der Waals surface area contributed by atoms with E-state index in [0.717, 1.165) is 10.8 Å². The summed E-state index contributed by atoms with van der Waals surface area (Å²) in [5.41, 5.74) is 4.73. The summed E-state index contributed by atoms with van der Waals surface area (Å²) >= 11 is 4.24. The summed E-state index contributed by atoms with van der Waals surface area (Å²) in [6.45, 7) is 0. The van der Waals surface area contributed by atoms with Gasteiger partial charge in [0.15, 0.2) is 5.17 Å². The van der Waals surface area contributed by atoms with E-state index >= 15 is 0 Å². The van der Waals surface area contributed by atoms with Crippen LogP contribution in [0.5, 0.6) is 0 Å². The highest BCUT2D eigenvalue weighted by molar-refractivity contribution is 8.74. The van der Waals surface area contributed by atoms with Crippen molar-refractivity contribution in [3.63, 3.8) is 0 Å². The predicted octanol–water partition coefficient (Wildman–Crippen LogP) is 0.726. The SMILES string of the molecule is N=C(N)S[S]. The third kappa shape index (κ3) is 4.17. The van der Waals surface area contributed by atoms with Crippen molar-refractivity contribution in [1.82, 2.24) is 0 Å². The fourth-order valence-corrected chi connectivity index (χ4v) is 0. The molecule has 3 N–H and O–H groups in total. The fraction of sp³-hybridized carbons (Fsp3) is 0. The quantitative estimate of drug-likeness (QED) is 0.272. The van der Waals surface area contributed by atoms with Crippen LogP contribution in [0.3, 0.4) is 0 Å². The Kier molecular flexibility index (Phi) is 2.49. The van der Waals surface area contributed by atoms with Crippen molar-refractivity contribution in [1.29, 1.82) is 5.41 Å². The highest BCUT2D eigenvalue weighted by Crippen LogP contribution is 1.99. The maximum absolute atomic E-state index is 6.38. The molecule has 0 spiro atoms. The molecule has 0 aliphatic rings. The lowest BCUT2D eigenvalue weighted by Crippen LogP contribution is -1.99. The van der Waals surface area contributed by atoms with Crippen molar-refractivity contribution in [2.24, 2.45) is 5.73 Å². The molecule has 29 valence electrons. The van der Waals surface area contributed by atoms with Crippen LogP contribution in [0.4, 0.5) is 0 Å². The first-order chi connectivity index (χ1) is 2.27. The van der Waals surface area contributed by atoms with Crippen LogP contribution in [-0.4, -0.2) is 5.17 Å². The van der Waals surface area contributed by atoms with Gasteiger partial charge in [-0.25, -0.2) is 0 Å². The zero-order valence-electron chi connectivity index (χ0n) is 2.39. The highest BCUT2D eigenvalue weighted by atomic mass is 33.1. The molecule has 0 aliphatic carbocycles. The minimum atomic E-state index is -0.0139. The average molecular weight is 107 g/mol. The molecule has 0 aromatic rings. The van der Waals surface area contributed by atoms with E-state index < -0.39 is 0 Å². The van der Waals surface area contributed by atoms with E-state index in [9.17, 15) is 0 Å². The largest absolute Gasteiger partial charge is 0.378 e. The van der Waals surface area contributed by atoms with Gasteiger partial charge in [0.2, 0.25) is 0 Å². The van der Waals surface area contributed by atoms with E-state index in [1.807, 2.05) is 0 Å². The molecule has 0 saturated carbocycles. The summed E-state index contributed by atoms with van der Waals surface area (Å²) in [6, 6.07) is 0. The monoisotopic (exact) mass is 107 g/mol. The smallest absolute Gasteiger partial charge is 0.162 e. The number of hydrogen-bond donors (Lipinski definition) is 2. The van der Waals surface area contributed by atoms with Crippen LogP contribution >= 0.6 is 22.5 Å². The molecule has 0 bridgehead atoms. The van der Waals surface area contributed by atoms with Gasteiger partial charge < -0.3 is 5.73 Å². The number of hydrogen-bond acceptors (Lipinski definition) is 2. The molecule has 0 amide bonds. The van der Waals surface area contributed by atoms with E-state index in [1.54, 1.807) is 0 Å². The van der Waals surface area contributed by atoms with Crippen LogP contribution in [0, 0.1) is 5.41 Å². The third-order valence-corrected chi connectivity index (χ3v) is 0.808. The first-order valence-corrected chi connectivity index (χ1v) is 2.65. The zero-order chi connectivity index (χ0) is 4.28. The molecule has 5 heavy (non-hydrogen) atoms. The van der Waals surface area contributed by atoms with Crippen LogP contribution in [-0.2, 0) is 0 Å². The lowest BCUT2D eigenvalue weighted by Gasteiger charge is -1.75. The van der Waals surface area contributed by atoms with Crippen LogP contribution in [0.25, 0.3) is 0 Å². The predicted molar refractivity (Wildman–Crippen MR) is 27.1 cm³/mol. The zero-order valence-corrected chi connectivity index (χ0v) is 4.03. The van der Waals surface area contributed by atoms with Gasteiger partial charge in [-0.2, -0.15) is 0 Å². The van der Waals surface area contributed by atoms with Crippen molar-refractivity contribution < 1.29 is 0 Å². The molecule has 0 atom stereocenters. The maximum Gasteiger partial charge on any atom is 0.162 e. The minimum Gasteiger partial charge on any atom is -0.378 e. The van der Waals surface area contributed by atoms with Crippen LogP contribution in [0.2, 0.25) is 0 Å². The molecule has 2 nitrogen and oxygen atoms in total. The summed E-state index contributed by atoms with van der Waals surface area (Å²) in [7, 11) is 0.824. The number of nitrogens with two attached hydrogens (primary N) is 1. The second kappa shape index (κ2) is 2.41. The van der Waals surface area contributed by atoms with Gasteiger partial charge in [0.1, 0.15) is 0 Å². The molecule has 0 fully saturated rings. The van der Waals surface area contributed by atoms with E-state index in [1.165, 1.54) is 0 Å². The van der Waals surface area contributed by atoms with E-state index in [0.29, 0.717) is 0 Å². The molecular weight excluding hydrogens is 104 g/mol. The molecular formula is CH3N2S2. The maximum atomic E-state index is 6.38. The van der Waals surface area contributed by atoms with Crippen molar-refractivity contribution in [3.05, 3.63) is 0 Å². The summed E-state index contributed by atoms with van der Waals surface area (Å²) in [6.07, 6.45) is 0. The van der Waals surface area contributed by atoms with Crippen LogP contribution < -0.4 is 5.73 Å². The molecule has 0 saturated heterocycles. The number of nitrogens with one attached hydrogen (secondary N) is 1. The van der Waals surface area contributed by atoms with Crippen molar-refractivity contribution in [2.75, 3.05) is 0 Å². The number of amidine groups is 1. The molecule has 0 aliphatic heterocycles. The Balaban J connectivity index is 2.85. The van der Waals surface area contributed by atoms with Crippen LogP contribution in [0.1, 0.15) is 0 Å². The van der Waals surface area contributed by atoms with E-state index in [-0.39, 0.29) is 5.17 Å². The Labute approximate surface area is 39.4 Å². The second-order valence-electron chi connectivity index (χ2n) is 0.448. The Bertz CT molecular complexity index is 42.9. The Hall–Kier alpha value is 0.170. The summed E-state index contributed by atoms with van der Waals surface area (Å²) in [5.74, 6) is 0. The minimum absolute atomic E-state index is 0.0139. The Morgan fingerprint density at radius 1 is 2.00 bits per heavy atom.